The molecule has 1 aromatic heterocycles. The smallest absolute Gasteiger partial charge is 0.253 e. The van der Waals surface area contributed by atoms with Crippen molar-refractivity contribution in [3.05, 3.63) is 50.3 Å². The van der Waals surface area contributed by atoms with Crippen LogP contribution in [0.5, 0.6) is 0 Å². The molecule has 4 nitrogen and oxygen atoms in total. The van der Waals surface area contributed by atoms with E-state index in [1.165, 1.54) is 0 Å². The minimum atomic E-state index is -0.0811. The molecular formula is C14H14BrClN2O2. The third kappa shape index (κ3) is 3.04. The van der Waals surface area contributed by atoms with Gasteiger partial charge in [-0.05, 0) is 48.0 Å². The number of amides is 1. The first kappa shape index (κ1) is 15.1. The molecule has 2 aromatic rings. The molecule has 0 radical (unpaired) electrons. The van der Waals surface area contributed by atoms with Crippen LogP contribution < -0.4 is 0 Å². The van der Waals surface area contributed by atoms with Crippen LogP contribution in [0.1, 0.15) is 27.4 Å². The van der Waals surface area contributed by atoms with E-state index in [0.29, 0.717) is 21.6 Å². The van der Waals surface area contributed by atoms with E-state index < -0.39 is 0 Å². The lowest BCUT2D eigenvalue weighted by molar-refractivity contribution is 0.0784. The molecule has 1 aromatic carbocycles. The van der Waals surface area contributed by atoms with E-state index in [1.807, 2.05) is 13.8 Å². The maximum absolute atomic E-state index is 12.4. The van der Waals surface area contributed by atoms with Gasteiger partial charge in [0, 0.05) is 22.6 Å². The van der Waals surface area contributed by atoms with Crippen LogP contribution in [0.2, 0.25) is 5.02 Å². The Morgan fingerprint density at radius 1 is 1.45 bits per heavy atom. The molecule has 1 amide bonds. The van der Waals surface area contributed by atoms with E-state index in [9.17, 15) is 4.79 Å². The van der Waals surface area contributed by atoms with Gasteiger partial charge >= 0.3 is 0 Å². The predicted octanol–water partition coefficient (Wildman–Crippen LogP) is 3.98. The molecule has 0 aliphatic heterocycles. The number of carbonyl (C=O) groups excluding carboxylic acids is 1. The fourth-order valence-corrected chi connectivity index (χ4v) is 2.38. The molecule has 106 valence electrons. The van der Waals surface area contributed by atoms with E-state index in [2.05, 4.69) is 21.1 Å². The summed E-state index contributed by atoms with van der Waals surface area (Å²) in [6, 6.07) is 5.12. The van der Waals surface area contributed by atoms with Crippen molar-refractivity contribution in [1.82, 2.24) is 10.1 Å². The predicted molar refractivity (Wildman–Crippen MR) is 80.9 cm³/mol. The third-order valence-corrected chi connectivity index (χ3v) is 4.30. The van der Waals surface area contributed by atoms with Gasteiger partial charge in [-0.15, -0.1) is 0 Å². The van der Waals surface area contributed by atoms with Crippen LogP contribution in [-0.2, 0) is 6.54 Å². The van der Waals surface area contributed by atoms with Crippen LogP contribution in [0.3, 0.4) is 0 Å². The first-order chi connectivity index (χ1) is 9.40. The second-order valence-corrected chi connectivity index (χ2v) is 5.85. The molecular weight excluding hydrogens is 344 g/mol. The summed E-state index contributed by atoms with van der Waals surface area (Å²) in [6.45, 7) is 4.16. The van der Waals surface area contributed by atoms with Crippen molar-refractivity contribution in [2.45, 2.75) is 20.4 Å². The van der Waals surface area contributed by atoms with Gasteiger partial charge in [-0.2, -0.15) is 0 Å². The average Bonchev–Trinajstić information content (AvgIpc) is 2.72. The van der Waals surface area contributed by atoms with Crippen molar-refractivity contribution in [3.8, 4) is 0 Å². The number of aryl methyl sites for hydroxylation is 2. The second-order valence-electron chi connectivity index (χ2n) is 4.59. The van der Waals surface area contributed by atoms with E-state index in [0.717, 1.165) is 17.0 Å². The largest absolute Gasteiger partial charge is 0.361 e. The Balaban J connectivity index is 2.18. The summed E-state index contributed by atoms with van der Waals surface area (Å²) in [4.78, 5) is 14.0. The monoisotopic (exact) mass is 356 g/mol. The van der Waals surface area contributed by atoms with Gasteiger partial charge in [0.15, 0.2) is 0 Å². The molecule has 20 heavy (non-hydrogen) atoms. The van der Waals surface area contributed by atoms with Crippen molar-refractivity contribution in [1.29, 1.82) is 0 Å². The summed E-state index contributed by atoms with van der Waals surface area (Å²) in [5.74, 6) is 0.654. The summed E-state index contributed by atoms with van der Waals surface area (Å²) in [7, 11) is 1.75. The zero-order valence-corrected chi connectivity index (χ0v) is 13.7. The van der Waals surface area contributed by atoms with E-state index in [1.54, 1.807) is 30.1 Å². The van der Waals surface area contributed by atoms with Crippen molar-refractivity contribution in [3.63, 3.8) is 0 Å². The van der Waals surface area contributed by atoms with Crippen LogP contribution >= 0.6 is 27.5 Å². The molecule has 0 N–H and O–H groups in total. The maximum atomic E-state index is 12.4. The highest BCUT2D eigenvalue weighted by Gasteiger charge is 2.17. The summed E-state index contributed by atoms with van der Waals surface area (Å²) in [6.07, 6.45) is 0. The van der Waals surface area contributed by atoms with E-state index in [-0.39, 0.29) is 5.91 Å². The Hall–Kier alpha value is -1.33. The minimum absolute atomic E-state index is 0.0811. The minimum Gasteiger partial charge on any atom is -0.361 e. The molecule has 1 heterocycles. The zero-order chi connectivity index (χ0) is 14.9. The Bertz CT molecular complexity index is 635. The molecule has 2 rings (SSSR count). The first-order valence-corrected chi connectivity index (χ1v) is 7.19. The van der Waals surface area contributed by atoms with Gasteiger partial charge in [-0.1, -0.05) is 16.8 Å². The number of rotatable bonds is 3. The maximum Gasteiger partial charge on any atom is 0.253 e. The van der Waals surface area contributed by atoms with Gasteiger partial charge in [0.2, 0.25) is 0 Å². The normalized spacial score (nSPS) is 10.7. The number of hydrogen-bond donors (Lipinski definition) is 0. The van der Waals surface area contributed by atoms with Crippen LogP contribution in [0.4, 0.5) is 0 Å². The summed E-state index contributed by atoms with van der Waals surface area (Å²) >= 11 is 9.25. The molecule has 0 atom stereocenters. The molecule has 0 aliphatic rings. The van der Waals surface area contributed by atoms with Gasteiger partial charge in [-0.25, -0.2) is 0 Å². The van der Waals surface area contributed by atoms with E-state index >= 15 is 0 Å². The lowest BCUT2D eigenvalue weighted by Crippen LogP contribution is -2.26. The lowest BCUT2D eigenvalue weighted by Gasteiger charge is -2.17. The molecule has 0 fully saturated rings. The van der Waals surface area contributed by atoms with Gasteiger partial charge in [0.25, 0.3) is 5.91 Å². The molecule has 0 aliphatic carbocycles. The number of halogens is 2. The summed E-state index contributed by atoms with van der Waals surface area (Å²) < 4.78 is 5.81. The molecule has 0 spiro atoms. The van der Waals surface area contributed by atoms with Crippen molar-refractivity contribution < 1.29 is 9.32 Å². The van der Waals surface area contributed by atoms with Gasteiger partial charge < -0.3 is 9.42 Å². The van der Waals surface area contributed by atoms with Gasteiger partial charge in [0.05, 0.1) is 17.3 Å². The second kappa shape index (κ2) is 5.97. The fraction of sp³-hybridized carbons (Fsp3) is 0.286. The van der Waals surface area contributed by atoms with Crippen LogP contribution in [0, 0.1) is 13.8 Å². The van der Waals surface area contributed by atoms with Crippen molar-refractivity contribution >= 4 is 33.4 Å². The molecule has 6 heteroatoms. The summed E-state index contributed by atoms with van der Waals surface area (Å²) in [5.41, 5.74) is 2.32. The van der Waals surface area contributed by atoms with Gasteiger partial charge in [-0.3, -0.25) is 4.79 Å². The third-order valence-electron chi connectivity index (χ3n) is 3.09. The quantitative estimate of drug-likeness (QED) is 0.834. The number of nitrogens with zero attached hydrogens (tertiary/aromatic N) is 2. The number of aromatic nitrogens is 1. The average molecular weight is 358 g/mol. The highest BCUT2D eigenvalue weighted by atomic mass is 79.9. The Morgan fingerprint density at radius 2 is 2.15 bits per heavy atom. The highest BCUT2D eigenvalue weighted by Crippen LogP contribution is 2.24. The Kier molecular flexibility index (Phi) is 4.50. The standard InChI is InChI=1S/C14H14BrClN2O2/c1-8-11(9(2)20-17-8)7-18(3)14(19)10-4-5-13(16)12(15)6-10/h4-6H,7H2,1-3H3. The number of carbonyl (C=O) groups is 1. The molecule has 0 saturated heterocycles. The molecule has 0 bridgehead atoms. The van der Waals surface area contributed by atoms with E-state index in [4.69, 9.17) is 16.1 Å². The molecule has 0 unspecified atom stereocenters. The fourth-order valence-electron chi connectivity index (χ4n) is 1.89. The topological polar surface area (TPSA) is 46.3 Å². The number of hydrogen-bond acceptors (Lipinski definition) is 3. The van der Waals surface area contributed by atoms with Crippen LogP contribution in [0.15, 0.2) is 27.2 Å². The SMILES string of the molecule is Cc1noc(C)c1CN(C)C(=O)c1ccc(Cl)c(Br)c1. The highest BCUT2D eigenvalue weighted by molar-refractivity contribution is 9.10. The zero-order valence-electron chi connectivity index (χ0n) is 11.4. The Morgan fingerprint density at radius 3 is 2.70 bits per heavy atom. The van der Waals surface area contributed by atoms with Gasteiger partial charge in [0.1, 0.15) is 5.76 Å². The summed E-state index contributed by atoms with van der Waals surface area (Å²) in [5, 5.41) is 4.47. The van der Waals surface area contributed by atoms with Crippen LogP contribution in [0.25, 0.3) is 0 Å². The molecule has 0 saturated carbocycles. The van der Waals surface area contributed by atoms with Crippen molar-refractivity contribution in [2.24, 2.45) is 0 Å². The Labute approximate surface area is 130 Å². The number of benzene rings is 1. The first-order valence-electron chi connectivity index (χ1n) is 6.02. The lowest BCUT2D eigenvalue weighted by atomic mass is 10.1. The van der Waals surface area contributed by atoms with Crippen LogP contribution in [-0.4, -0.2) is 23.0 Å². The van der Waals surface area contributed by atoms with Crippen molar-refractivity contribution in [2.75, 3.05) is 7.05 Å².